The van der Waals surface area contributed by atoms with Crippen LogP contribution < -0.4 is 10.1 Å². The molecule has 0 spiro atoms. The summed E-state index contributed by atoms with van der Waals surface area (Å²) in [5.74, 6) is 0.702. The van der Waals surface area contributed by atoms with E-state index in [0.717, 1.165) is 23.3 Å². The minimum Gasteiger partial charge on any atom is -0.496 e. The Morgan fingerprint density at radius 3 is 2.57 bits per heavy atom. The van der Waals surface area contributed by atoms with E-state index in [0.29, 0.717) is 0 Å². The fraction of sp³-hybridized carbons (Fsp3) is 0.333. The number of rotatable bonds is 6. The second-order valence-electron chi connectivity index (χ2n) is 5.37. The number of benzene rings is 2. The molecule has 2 aromatic carbocycles. The molecule has 2 rings (SSSR count). The van der Waals surface area contributed by atoms with Crippen molar-refractivity contribution in [3.63, 3.8) is 0 Å². The molecule has 3 heteroatoms. The second kappa shape index (κ2) is 7.23. The number of methoxy groups -OCH3 is 1. The Morgan fingerprint density at radius 2 is 1.86 bits per heavy atom. The van der Waals surface area contributed by atoms with Crippen molar-refractivity contribution in [3.05, 3.63) is 65.5 Å². The Kier molecular flexibility index (Phi) is 5.34. The Hall–Kier alpha value is -1.87. The average molecular weight is 287 g/mol. The van der Waals surface area contributed by atoms with Gasteiger partial charge in [-0.1, -0.05) is 30.3 Å². The molecule has 0 fully saturated rings. The predicted molar refractivity (Wildman–Crippen MR) is 84.1 cm³/mol. The summed E-state index contributed by atoms with van der Waals surface area (Å²) < 4.78 is 18.6. The fourth-order valence-electron chi connectivity index (χ4n) is 2.62. The maximum Gasteiger partial charge on any atom is 0.123 e. The van der Waals surface area contributed by atoms with E-state index < -0.39 is 0 Å². The van der Waals surface area contributed by atoms with Crippen LogP contribution in [0.4, 0.5) is 4.39 Å². The number of hydrogen-bond donors (Lipinski definition) is 1. The smallest absolute Gasteiger partial charge is 0.123 e. The molecule has 2 nitrogen and oxygen atoms in total. The first kappa shape index (κ1) is 15.5. The molecule has 0 heterocycles. The van der Waals surface area contributed by atoms with E-state index in [1.165, 1.54) is 6.07 Å². The van der Waals surface area contributed by atoms with Gasteiger partial charge in [0, 0.05) is 17.6 Å². The third kappa shape index (κ3) is 4.30. The predicted octanol–water partition coefficient (Wildman–Crippen LogP) is 4.12. The molecule has 0 aliphatic carbocycles. The van der Waals surface area contributed by atoms with Gasteiger partial charge in [-0.25, -0.2) is 4.39 Å². The lowest BCUT2D eigenvalue weighted by molar-refractivity contribution is 0.395. The van der Waals surface area contributed by atoms with Gasteiger partial charge in [0.15, 0.2) is 0 Å². The lowest BCUT2D eigenvalue weighted by atomic mass is 10.0. The van der Waals surface area contributed by atoms with Crippen LogP contribution in [-0.4, -0.2) is 13.2 Å². The van der Waals surface area contributed by atoms with Crippen LogP contribution in [0.25, 0.3) is 0 Å². The van der Waals surface area contributed by atoms with Gasteiger partial charge in [0.05, 0.1) is 7.11 Å². The first-order chi connectivity index (χ1) is 10.1. The monoisotopic (exact) mass is 287 g/mol. The van der Waals surface area contributed by atoms with E-state index >= 15 is 0 Å². The number of ether oxygens (including phenoxy) is 1. The molecule has 0 aliphatic heterocycles. The summed E-state index contributed by atoms with van der Waals surface area (Å²) in [7, 11) is 1.68. The van der Waals surface area contributed by atoms with E-state index in [-0.39, 0.29) is 17.9 Å². The fourth-order valence-corrected chi connectivity index (χ4v) is 2.62. The minimum absolute atomic E-state index is 0.171. The SMILES string of the molecule is COc1ccccc1[C@@H](C)NC(C)Cc1cccc(F)c1. The molecule has 0 bridgehead atoms. The van der Waals surface area contributed by atoms with E-state index in [2.05, 4.69) is 25.2 Å². The largest absolute Gasteiger partial charge is 0.496 e. The Morgan fingerprint density at radius 1 is 1.10 bits per heavy atom. The lowest BCUT2D eigenvalue weighted by Gasteiger charge is -2.22. The van der Waals surface area contributed by atoms with Crippen LogP contribution in [0.15, 0.2) is 48.5 Å². The topological polar surface area (TPSA) is 21.3 Å². The van der Waals surface area contributed by atoms with Crippen molar-refractivity contribution < 1.29 is 9.13 Å². The number of hydrogen-bond acceptors (Lipinski definition) is 2. The average Bonchev–Trinajstić information content (AvgIpc) is 2.47. The van der Waals surface area contributed by atoms with Crippen molar-refractivity contribution in [2.75, 3.05) is 7.11 Å². The van der Waals surface area contributed by atoms with Gasteiger partial charge >= 0.3 is 0 Å². The van der Waals surface area contributed by atoms with Crippen LogP contribution in [0, 0.1) is 5.82 Å². The molecular formula is C18H22FNO. The quantitative estimate of drug-likeness (QED) is 0.863. The van der Waals surface area contributed by atoms with Gasteiger partial charge in [-0.05, 0) is 44.0 Å². The van der Waals surface area contributed by atoms with Crippen molar-refractivity contribution in [3.8, 4) is 5.75 Å². The van der Waals surface area contributed by atoms with Gasteiger partial charge in [-0.2, -0.15) is 0 Å². The molecule has 1 unspecified atom stereocenters. The van der Waals surface area contributed by atoms with Crippen molar-refractivity contribution >= 4 is 0 Å². The van der Waals surface area contributed by atoms with E-state index in [1.54, 1.807) is 19.2 Å². The first-order valence-corrected chi connectivity index (χ1v) is 7.23. The highest BCUT2D eigenvalue weighted by Crippen LogP contribution is 2.24. The Balaban J connectivity index is 2.00. The molecule has 2 atom stereocenters. The number of halogens is 1. The summed E-state index contributed by atoms with van der Waals surface area (Å²) >= 11 is 0. The van der Waals surface area contributed by atoms with Crippen molar-refractivity contribution in [2.45, 2.75) is 32.4 Å². The van der Waals surface area contributed by atoms with Crippen molar-refractivity contribution in [2.24, 2.45) is 0 Å². The maximum absolute atomic E-state index is 13.2. The molecule has 0 saturated carbocycles. The summed E-state index contributed by atoms with van der Waals surface area (Å²) in [5.41, 5.74) is 2.13. The van der Waals surface area contributed by atoms with Crippen molar-refractivity contribution in [1.29, 1.82) is 0 Å². The van der Waals surface area contributed by atoms with Gasteiger partial charge in [-0.3, -0.25) is 0 Å². The normalized spacial score (nSPS) is 13.7. The molecule has 112 valence electrons. The van der Waals surface area contributed by atoms with E-state index in [9.17, 15) is 4.39 Å². The van der Waals surface area contributed by atoms with Crippen LogP contribution in [-0.2, 0) is 6.42 Å². The first-order valence-electron chi connectivity index (χ1n) is 7.23. The summed E-state index contributed by atoms with van der Waals surface area (Å²) in [6.45, 7) is 4.22. The summed E-state index contributed by atoms with van der Waals surface area (Å²) in [5, 5.41) is 3.54. The molecule has 0 radical (unpaired) electrons. The third-order valence-electron chi connectivity index (χ3n) is 3.57. The lowest BCUT2D eigenvalue weighted by Crippen LogP contribution is -2.30. The zero-order valence-corrected chi connectivity index (χ0v) is 12.8. The zero-order chi connectivity index (χ0) is 15.2. The summed E-state index contributed by atoms with van der Waals surface area (Å²) in [6, 6.07) is 15.2. The molecule has 0 amide bonds. The van der Waals surface area contributed by atoms with Crippen LogP contribution in [0.5, 0.6) is 5.75 Å². The molecule has 0 saturated heterocycles. The molecule has 0 aliphatic rings. The third-order valence-corrected chi connectivity index (χ3v) is 3.57. The van der Waals surface area contributed by atoms with Gasteiger partial charge in [0.2, 0.25) is 0 Å². The highest BCUT2D eigenvalue weighted by molar-refractivity contribution is 5.35. The molecule has 2 aromatic rings. The minimum atomic E-state index is -0.183. The van der Waals surface area contributed by atoms with Gasteiger partial charge in [0.25, 0.3) is 0 Å². The Labute approximate surface area is 126 Å². The van der Waals surface area contributed by atoms with E-state index in [4.69, 9.17) is 4.74 Å². The molecule has 0 aromatic heterocycles. The number of para-hydroxylation sites is 1. The summed E-state index contributed by atoms with van der Waals surface area (Å²) in [6.07, 6.45) is 0.789. The molecule has 21 heavy (non-hydrogen) atoms. The van der Waals surface area contributed by atoms with Crippen molar-refractivity contribution in [1.82, 2.24) is 5.32 Å². The molecule has 1 N–H and O–H groups in total. The maximum atomic E-state index is 13.2. The van der Waals surface area contributed by atoms with Crippen LogP contribution in [0.3, 0.4) is 0 Å². The number of nitrogens with one attached hydrogen (secondary N) is 1. The van der Waals surface area contributed by atoms with Gasteiger partial charge in [0.1, 0.15) is 11.6 Å². The van der Waals surface area contributed by atoms with Crippen LogP contribution >= 0.6 is 0 Å². The van der Waals surface area contributed by atoms with Crippen LogP contribution in [0.2, 0.25) is 0 Å². The second-order valence-corrected chi connectivity index (χ2v) is 5.37. The van der Waals surface area contributed by atoms with Gasteiger partial charge < -0.3 is 10.1 Å². The highest BCUT2D eigenvalue weighted by Gasteiger charge is 2.13. The zero-order valence-electron chi connectivity index (χ0n) is 12.8. The molecular weight excluding hydrogens is 265 g/mol. The van der Waals surface area contributed by atoms with Crippen LogP contribution in [0.1, 0.15) is 31.0 Å². The summed E-state index contributed by atoms with van der Waals surface area (Å²) in [4.78, 5) is 0. The standard InChI is InChI=1S/C18H22FNO/c1-13(11-15-7-6-8-16(19)12-15)20-14(2)17-9-4-5-10-18(17)21-3/h4-10,12-14,20H,11H2,1-3H3/t13?,14-/m1/s1. The Bertz CT molecular complexity index is 585. The van der Waals surface area contributed by atoms with Gasteiger partial charge in [-0.15, -0.1) is 0 Å². The highest BCUT2D eigenvalue weighted by atomic mass is 19.1. The van der Waals surface area contributed by atoms with E-state index in [1.807, 2.05) is 24.3 Å².